The van der Waals surface area contributed by atoms with Gasteiger partial charge in [-0.25, -0.2) is 0 Å². The van der Waals surface area contributed by atoms with Gasteiger partial charge in [0.1, 0.15) is 5.76 Å². The Kier molecular flexibility index (Phi) is 4.98. The van der Waals surface area contributed by atoms with Gasteiger partial charge >= 0.3 is 12.1 Å². The molecule has 138 valence electrons. The molecule has 8 heteroatoms. The Morgan fingerprint density at radius 3 is 2.22 bits per heavy atom. The third-order valence-electron chi connectivity index (χ3n) is 3.63. The third kappa shape index (κ3) is 4.35. The number of benzene rings is 2. The Morgan fingerprint density at radius 1 is 0.815 bits per heavy atom. The summed E-state index contributed by atoms with van der Waals surface area (Å²) >= 11 is 0. The van der Waals surface area contributed by atoms with Crippen molar-refractivity contribution in [2.45, 2.75) is 6.18 Å². The van der Waals surface area contributed by atoms with Gasteiger partial charge in [-0.15, -0.1) is 0 Å². The molecule has 0 bridgehead atoms. The number of hydrazine groups is 1. The van der Waals surface area contributed by atoms with Crippen molar-refractivity contribution in [1.29, 1.82) is 0 Å². The molecule has 2 N–H and O–H groups in total. The van der Waals surface area contributed by atoms with E-state index in [2.05, 4.69) is 10.9 Å². The number of alkyl halides is 3. The summed E-state index contributed by atoms with van der Waals surface area (Å²) in [6.07, 6.45) is -4.48. The van der Waals surface area contributed by atoms with Crippen molar-refractivity contribution in [3.63, 3.8) is 0 Å². The number of rotatable bonds is 3. The maximum absolute atomic E-state index is 12.8. The minimum Gasteiger partial charge on any atom is -0.451 e. The zero-order valence-electron chi connectivity index (χ0n) is 13.7. The molecule has 0 aliphatic heterocycles. The summed E-state index contributed by atoms with van der Waals surface area (Å²) in [6, 6.07) is 15.5. The normalized spacial score (nSPS) is 11.1. The zero-order valence-corrected chi connectivity index (χ0v) is 13.7. The second-order valence-corrected chi connectivity index (χ2v) is 5.52. The Morgan fingerprint density at radius 2 is 1.52 bits per heavy atom. The van der Waals surface area contributed by atoms with Gasteiger partial charge in [-0.05, 0) is 36.4 Å². The first-order valence-electron chi connectivity index (χ1n) is 7.78. The highest BCUT2D eigenvalue weighted by Gasteiger charge is 2.30. The monoisotopic (exact) mass is 374 g/mol. The number of halogens is 3. The van der Waals surface area contributed by atoms with E-state index in [9.17, 15) is 22.8 Å². The Balaban J connectivity index is 1.69. The Bertz CT molecular complexity index is 966. The summed E-state index contributed by atoms with van der Waals surface area (Å²) in [6.45, 7) is 0. The summed E-state index contributed by atoms with van der Waals surface area (Å²) in [4.78, 5) is 23.9. The van der Waals surface area contributed by atoms with E-state index in [0.29, 0.717) is 5.56 Å². The number of hydrogen-bond donors (Lipinski definition) is 2. The Labute approximate surface area is 151 Å². The van der Waals surface area contributed by atoms with Crippen LogP contribution in [0.2, 0.25) is 0 Å². The first-order chi connectivity index (χ1) is 12.8. The summed E-state index contributed by atoms with van der Waals surface area (Å²) in [5.74, 6) is -1.32. The predicted molar refractivity (Wildman–Crippen MR) is 90.5 cm³/mol. The van der Waals surface area contributed by atoms with Gasteiger partial charge in [-0.3, -0.25) is 20.4 Å². The lowest BCUT2D eigenvalue weighted by molar-refractivity contribution is -0.137. The van der Waals surface area contributed by atoms with Crippen molar-refractivity contribution in [1.82, 2.24) is 10.9 Å². The molecule has 1 aromatic heterocycles. The summed E-state index contributed by atoms with van der Waals surface area (Å²) < 4.78 is 43.7. The highest BCUT2D eigenvalue weighted by molar-refractivity contribution is 5.98. The van der Waals surface area contributed by atoms with Crippen LogP contribution in [0.25, 0.3) is 11.3 Å². The average Bonchev–Trinajstić information content (AvgIpc) is 3.16. The molecule has 1 heterocycles. The number of nitrogens with one attached hydrogen (secondary N) is 2. The molecule has 0 radical (unpaired) electrons. The topological polar surface area (TPSA) is 71.3 Å². The van der Waals surface area contributed by atoms with Crippen molar-refractivity contribution in [3.8, 4) is 11.3 Å². The van der Waals surface area contributed by atoms with E-state index in [1.807, 2.05) is 0 Å². The quantitative estimate of drug-likeness (QED) is 0.680. The van der Waals surface area contributed by atoms with Crippen molar-refractivity contribution in [2.24, 2.45) is 0 Å². The molecule has 0 saturated carbocycles. The van der Waals surface area contributed by atoms with Crippen LogP contribution in [0.15, 0.2) is 71.1 Å². The SMILES string of the molecule is O=C(NNC(=O)c1ccc(-c2cccc(C(F)(F)F)c2)o1)c1ccccc1. The highest BCUT2D eigenvalue weighted by Crippen LogP contribution is 2.32. The molecular formula is C19H13F3N2O3. The summed E-state index contributed by atoms with van der Waals surface area (Å²) in [5.41, 5.74) is 4.12. The molecule has 0 aliphatic rings. The molecule has 2 aromatic carbocycles. The average molecular weight is 374 g/mol. The van der Waals surface area contributed by atoms with Gasteiger partial charge in [0.2, 0.25) is 0 Å². The van der Waals surface area contributed by atoms with E-state index >= 15 is 0 Å². The molecule has 2 amide bonds. The fourth-order valence-corrected chi connectivity index (χ4v) is 2.30. The molecule has 0 unspecified atom stereocenters. The van der Waals surface area contributed by atoms with Gasteiger partial charge in [0.15, 0.2) is 5.76 Å². The molecule has 5 nitrogen and oxygen atoms in total. The van der Waals surface area contributed by atoms with Gasteiger partial charge in [0.25, 0.3) is 5.91 Å². The van der Waals surface area contributed by atoms with Crippen LogP contribution >= 0.6 is 0 Å². The predicted octanol–water partition coefficient (Wildman–Crippen LogP) is 4.04. The van der Waals surface area contributed by atoms with Crippen LogP contribution < -0.4 is 10.9 Å². The standard InChI is InChI=1S/C19H13F3N2O3/c20-19(21,22)14-8-4-7-13(11-14)15-9-10-16(27-15)18(26)24-23-17(25)12-5-2-1-3-6-12/h1-11H,(H,23,25)(H,24,26). The van der Waals surface area contributed by atoms with Gasteiger partial charge in [0.05, 0.1) is 5.56 Å². The number of furan rings is 1. The molecule has 0 atom stereocenters. The van der Waals surface area contributed by atoms with E-state index in [-0.39, 0.29) is 17.1 Å². The maximum Gasteiger partial charge on any atom is 0.416 e. The van der Waals surface area contributed by atoms with E-state index in [4.69, 9.17) is 4.42 Å². The molecule has 0 aliphatic carbocycles. The van der Waals surface area contributed by atoms with Crippen molar-refractivity contribution in [3.05, 3.63) is 83.6 Å². The van der Waals surface area contributed by atoms with Crippen LogP contribution in [0.5, 0.6) is 0 Å². The first-order valence-corrected chi connectivity index (χ1v) is 7.78. The lowest BCUT2D eigenvalue weighted by Crippen LogP contribution is -2.41. The Hall–Kier alpha value is -3.55. The number of amides is 2. The smallest absolute Gasteiger partial charge is 0.416 e. The van der Waals surface area contributed by atoms with Crippen LogP contribution in [0.1, 0.15) is 26.5 Å². The lowest BCUT2D eigenvalue weighted by Gasteiger charge is -2.07. The van der Waals surface area contributed by atoms with Crippen LogP contribution in [0.4, 0.5) is 13.2 Å². The van der Waals surface area contributed by atoms with Crippen LogP contribution in [0.3, 0.4) is 0 Å². The van der Waals surface area contributed by atoms with Crippen molar-refractivity contribution < 1.29 is 27.2 Å². The summed E-state index contributed by atoms with van der Waals surface area (Å²) in [5, 5.41) is 0. The van der Waals surface area contributed by atoms with Crippen LogP contribution in [0, 0.1) is 0 Å². The minimum absolute atomic E-state index is 0.0978. The number of carbonyl (C=O) groups excluding carboxylic acids is 2. The fourth-order valence-electron chi connectivity index (χ4n) is 2.30. The molecule has 0 saturated heterocycles. The van der Waals surface area contributed by atoms with Crippen molar-refractivity contribution in [2.75, 3.05) is 0 Å². The molecule has 0 spiro atoms. The third-order valence-corrected chi connectivity index (χ3v) is 3.63. The minimum atomic E-state index is -4.48. The fraction of sp³-hybridized carbons (Fsp3) is 0.0526. The van der Waals surface area contributed by atoms with E-state index in [0.717, 1.165) is 12.1 Å². The largest absolute Gasteiger partial charge is 0.451 e. The second-order valence-electron chi connectivity index (χ2n) is 5.52. The number of carbonyl (C=O) groups is 2. The van der Waals surface area contributed by atoms with Gasteiger partial charge < -0.3 is 4.42 Å². The van der Waals surface area contributed by atoms with Gasteiger partial charge in [-0.2, -0.15) is 13.2 Å². The number of hydrogen-bond acceptors (Lipinski definition) is 3. The summed E-state index contributed by atoms with van der Waals surface area (Å²) in [7, 11) is 0. The van der Waals surface area contributed by atoms with E-state index in [1.54, 1.807) is 30.3 Å². The van der Waals surface area contributed by atoms with Crippen LogP contribution in [-0.2, 0) is 6.18 Å². The highest BCUT2D eigenvalue weighted by atomic mass is 19.4. The second kappa shape index (κ2) is 7.36. The molecule has 27 heavy (non-hydrogen) atoms. The van der Waals surface area contributed by atoms with Crippen molar-refractivity contribution >= 4 is 11.8 Å². The van der Waals surface area contributed by atoms with E-state index in [1.165, 1.54) is 24.3 Å². The zero-order chi connectivity index (χ0) is 19.4. The molecule has 0 fully saturated rings. The lowest BCUT2D eigenvalue weighted by atomic mass is 10.1. The van der Waals surface area contributed by atoms with E-state index < -0.39 is 23.6 Å². The van der Waals surface area contributed by atoms with Gasteiger partial charge in [0, 0.05) is 11.1 Å². The maximum atomic E-state index is 12.8. The first kappa shape index (κ1) is 18.2. The molecular weight excluding hydrogens is 361 g/mol. The van der Waals surface area contributed by atoms with Crippen LogP contribution in [-0.4, -0.2) is 11.8 Å². The molecule has 3 aromatic rings. The molecule has 3 rings (SSSR count). The van der Waals surface area contributed by atoms with Gasteiger partial charge in [-0.1, -0.05) is 30.3 Å².